The molecular weight excluding hydrogens is 249 g/mol. The molecule has 0 amide bonds. The second kappa shape index (κ2) is 4.24. The second-order valence-corrected chi connectivity index (χ2v) is 9.27. The van der Waals surface area contributed by atoms with E-state index in [0.717, 1.165) is 18.8 Å². The summed E-state index contributed by atoms with van der Waals surface area (Å²) in [4.78, 5) is 0. The Morgan fingerprint density at radius 1 is 1.25 bits per heavy atom. The van der Waals surface area contributed by atoms with Crippen molar-refractivity contribution in [2.24, 2.45) is 28.4 Å². The van der Waals surface area contributed by atoms with Gasteiger partial charge in [-0.15, -0.1) is 0 Å². The van der Waals surface area contributed by atoms with E-state index in [1.807, 2.05) is 0 Å². The maximum atomic E-state index is 6.40. The van der Waals surface area contributed by atoms with Crippen LogP contribution in [-0.4, -0.2) is 24.8 Å². The fourth-order valence-corrected chi connectivity index (χ4v) is 4.89. The van der Waals surface area contributed by atoms with Crippen LogP contribution in [0.1, 0.15) is 60.8 Å². The highest BCUT2D eigenvalue weighted by molar-refractivity contribution is 6.47. The van der Waals surface area contributed by atoms with E-state index in [0.29, 0.717) is 11.3 Å². The average Bonchev–Trinajstić information content (AvgIpc) is 2.63. The molecule has 4 rings (SSSR count). The van der Waals surface area contributed by atoms with Crippen molar-refractivity contribution in [3.05, 3.63) is 0 Å². The van der Waals surface area contributed by atoms with Crippen LogP contribution in [0.25, 0.3) is 0 Å². The van der Waals surface area contributed by atoms with Crippen LogP contribution in [0.3, 0.4) is 0 Å². The van der Waals surface area contributed by atoms with E-state index in [1.54, 1.807) is 0 Å². The van der Waals surface area contributed by atoms with Gasteiger partial charge in [-0.05, 0) is 48.9 Å². The number of hydrogen-bond acceptors (Lipinski definition) is 3. The summed E-state index contributed by atoms with van der Waals surface area (Å²) in [6.07, 6.45) is 3.61. The molecule has 114 valence electrons. The predicted molar refractivity (Wildman–Crippen MR) is 82.2 cm³/mol. The van der Waals surface area contributed by atoms with Crippen molar-refractivity contribution in [1.82, 2.24) is 0 Å². The van der Waals surface area contributed by atoms with Crippen LogP contribution in [0.2, 0.25) is 0 Å². The molecule has 0 radical (unpaired) electrons. The van der Waals surface area contributed by atoms with E-state index >= 15 is 0 Å². The van der Waals surface area contributed by atoms with Crippen LogP contribution < -0.4 is 5.73 Å². The summed E-state index contributed by atoms with van der Waals surface area (Å²) >= 11 is 0. The summed E-state index contributed by atoms with van der Waals surface area (Å²) in [6.45, 7) is 13.7. The van der Waals surface area contributed by atoms with Gasteiger partial charge in [0.25, 0.3) is 0 Å². The molecule has 4 aliphatic rings. The minimum Gasteiger partial charge on any atom is -0.404 e. The van der Waals surface area contributed by atoms with Crippen LogP contribution in [0, 0.1) is 22.7 Å². The van der Waals surface area contributed by atoms with Crippen molar-refractivity contribution < 1.29 is 9.31 Å². The van der Waals surface area contributed by atoms with E-state index < -0.39 is 0 Å². The molecule has 2 N–H and O–H groups in total. The van der Waals surface area contributed by atoms with Crippen LogP contribution >= 0.6 is 0 Å². The van der Waals surface area contributed by atoms with E-state index in [9.17, 15) is 0 Å². The molecule has 2 bridgehead atoms. The Bertz CT molecular complexity index is 406. The first-order valence-electron chi connectivity index (χ1n) is 8.13. The summed E-state index contributed by atoms with van der Waals surface area (Å²) in [5.74, 6) is 1.38. The van der Waals surface area contributed by atoms with Crippen molar-refractivity contribution in [2.75, 3.05) is 0 Å². The molecule has 0 aromatic rings. The molecule has 3 saturated carbocycles. The molecule has 4 heteroatoms. The molecule has 3 aliphatic carbocycles. The summed E-state index contributed by atoms with van der Waals surface area (Å²) in [5, 5.41) is 0. The average molecular weight is 279 g/mol. The summed E-state index contributed by atoms with van der Waals surface area (Å²) < 4.78 is 12.6. The van der Waals surface area contributed by atoms with Crippen molar-refractivity contribution in [3.8, 4) is 0 Å². The molecular formula is C16H30BNO2. The Balaban J connectivity index is 1.73. The Hall–Kier alpha value is -0.0551. The van der Waals surface area contributed by atoms with Gasteiger partial charge in [0, 0.05) is 5.94 Å². The van der Waals surface area contributed by atoms with Crippen LogP contribution in [0.4, 0.5) is 0 Å². The van der Waals surface area contributed by atoms with Crippen molar-refractivity contribution >= 4 is 7.12 Å². The normalized spacial score (nSPS) is 44.0. The van der Waals surface area contributed by atoms with Crippen LogP contribution in [-0.2, 0) is 9.31 Å². The standard InChI is InChI=1S/C16H30BNO2/c1-14(2,3)9-13(18)17-19-12-8-10-7-11(15(10,4)5)16(12,6)20-17/h10-13H,7-9,18H2,1-6H3/t10?,11?,12?,13-,16-/m0/s1. The smallest absolute Gasteiger partial charge is 0.404 e. The molecule has 0 aromatic heterocycles. The maximum absolute atomic E-state index is 6.40. The zero-order valence-electron chi connectivity index (χ0n) is 13.9. The lowest BCUT2D eigenvalue weighted by Gasteiger charge is -2.64. The Kier molecular flexibility index (Phi) is 3.15. The van der Waals surface area contributed by atoms with Crippen LogP contribution in [0.5, 0.6) is 0 Å². The van der Waals surface area contributed by atoms with Crippen molar-refractivity contribution in [1.29, 1.82) is 0 Å². The quantitative estimate of drug-likeness (QED) is 0.790. The minimum atomic E-state index is -0.223. The molecule has 3 unspecified atom stereocenters. The van der Waals surface area contributed by atoms with Gasteiger partial charge in [-0.3, -0.25) is 0 Å². The molecule has 4 fully saturated rings. The van der Waals surface area contributed by atoms with Gasteiger partial charge in [0.1, 0.15) is 0 Å². The SMILES string of the molecule is CC(C)(C)C[C@H](N)B1OC2CC3CC(C3(C)C)[C@]2(C)O1. The second-order valence-electron chi connectivity index (χ2n) is 9.27. The van der Waals surface area contributed by atoms with Gasteiger partial charge in [-0.1, -0.05) is 34.6 Å². The zero-order chi connectivity index (χ0) is 14.9. The van der Waals surface area contributed by atoms with E-state index in [2.05, 4.69) is 41.5 Å². The van der Waals surface area contributed by atoms with Gasteiger partial charge in [0.05, 0.1) is 11.7 Å². The molecule has 1 heterocycles. The third-order valence-corrected chi connectivity index (χ3v) is 6.17. The Labute approximate surface area is 124 Å². The minimum absolute atomic E-state index is 0.0299. The fraction of sp³-hybridized carbons (Fsp3) is 1.00. The first-order valence-corrected chi connectivity index (χ1v) is 8.13. The van der Waals surface area contributed by atoms with Crippen molar-refractivity contribution in [3.63, 3.8) is 0 Å². The third-order valence-electron chi connectivity index (χ3n) is 6.17. The molecule has 0 aromatic carbocycles. The van der Waals surface area contributed by atoms with Gasteiger partial charge in [0.2, 0.25) is 0 Å². The van der Waals surface area contributed by atoms with Gasteiger partial charge >= 0.3 is 7.12 Å². The predicted octanol–water partition coefficient (Wildman–Crippen LogP) is 3.02. The highest BCUT2D eigenvalue weighted by Crippen LogP contribution is 2.65. The Morgan fingerprint density at radius 2 is 1.90 bits per heavy atom. The van der Waals surface area contributed by atoms with Gasteiger partial charge in [-0.2, -0.15) is 0 Å². The lowest BCUT2D eigenvalue weighted by Crippen LogP contribution is -2.65. The van der Waals surface area contributed by atoms with Crippen molar-refractivity contribution in [2.45, 2.75) is 78.5 Å². The molecule has 1 aliphatic heterocycles. The Morgan fingerprint density at radius 3 is 2.45 bits per heavy atom. The molecule has 5 atom stereocenters. The van der Waals surface area contributed by atoms with Gasteiger partial charge in [-0.25, -0.2) is 0 Å². The lowest BCUT2D eigenvalue weighted by molar-refractivity contribution is -0.199. The molecule has 1 saturated heterocycles. The first kappa shape index (κ1) is 14.9. The summed E-state index contributed by atoms with van der Waals surface area (Å²) in [7, 11) is -0.223. The fourth-order valence-electron chi connectivity index (χ4n) is 4.89. The highest BCUT2D eigenvalue weighted by atomic mass is 16.7. The van der Waals surface area contributed by atoms with E-state index in [-0.39, 0.29) is 30.2 Å². The van der Waals surface area contributed by atoms with E-state index in [4.69, 9.17) is 15.0 Å². The summed E-state index contributed by atoms with van der Waals surface area (Å²) in [5.41, 5.74) is 6.84. The maximum Gasteiger partial charge on any atom is 0.475 e. The van der Waals surface area contributed by atoms with Gasteiger partial charge in [0.15, 0.2) is 0 Å². The monoisotopic (exact) mass is 279 g/mol. The molecule has 20 heavy (non-hydrogen) atoms. The highest BCUT2D eigenvalue weighted by Gasteiger charge is 2.68. The lowest BCUT2D eigenvalue weighted by atomic mass is 9.43. The molecule has 3 nitrogen and oxygen atoms in total. The number of hydrogen-bond donors (Lipinski definition) is 1. The number of rotatable bonds is 2. The van der Waals surface area contributed by atoms with Gasteiger partial charge < -0.3 is 15.0 Å². The largest absolute Gasteiger partial charge is 0.475 e. The van der Waals surface area contributed by atoms with Crippen LogP contribution in [0.15, 0.2) is 0 Å². The topological polar surface area (TPSA) is 44.5 Å². The number of nitrogens with two attached hydrogens (primary N) is 1. The molecule has 0 spiro atoms. The van der Waals surface area contributed by atoms with E-state index in [1.165, 1.54) is 6.42 Å². The third kappa shape index (κ3) is 2.07. The summed E-state index contributed by atoms with van der Waals surface area (Å²) in [6, 6.07) is 0. The zero-order valence-corrected chi connectivity index (χ0v) is 13.9. The first-order chi connectivity index (χ1) is 9.04.